The van der Waals surface area contributed by atoms with Crippen LogP contribution in [-0.4, -0.2) is 23.0 Å². The van der Waals surface area contributed by atoms with Crippen LogP contribution in [0.4, 0.5) is 0 Å². The number of oxime groups is 1. The van der Waals surface area contributed by atoms with E-state index in [1.165, 1.54) is 18.5 Å². The molecule has 18 heavy (non-hydrogen) atoms. The van der Waals surface area contributed by atoms with E-state index in [1.807, 2.05) is 12.1 Å². The van der Waals surface area contributed by atoms with Gasteiger partial charge in [0, 0.05) is 22.7 Å². The lowest BCUT2D eigenvalue weighted by Gasteiger charge is -2.02. The van der Waals surface area contributed by atoms with E-state index in [0.29, 0.717) is 5.92 Å². The fraction of sp³-hybridized carbons (Fsp3) is 0.286. The number of hydrogen-bond acceptors (Lipinski definition) is 3. The molecule has 0 bridgehead atoms. The third-order valence-corrected chi connectivity index (χ3v) is 3.64. The monoisotopic (exact) mass is 239 g/mol. The molecule has 2 aliphatic rings. The van der Waals surface area contributed by atoms with Crippen molar-refractivity contribution < 1.29 is 4.84 Å². The van der Waals surface area contributed by atoms with Crippen molar-refractivity contribution in [3.8, 4) is 11.3 Å². The Bertz CT molecular complexity index is 653. The molecule has 0 amide bonds. The molecule has 0 unspecified atom stereocenters. The number of aromatic nitrogens is 2. The highest BCUT2D eigenvalue weighted by molar-refractivity contribution is 6.24. The maximum absolute atomic E-state index is 5.01. The molecule has 0 spiro atoms. The molecule has 0 atom stereocenters. The van der Waals surface area contributed by atoms with E-state index in [0.717, 1.165) is 28.1 Å². The summed E-state index contributed by atoms with van der Waals surface area (Å²) in [6.45, 7) is 0. The Morgan fingerprint density at radius 2 is 2.06 bits per heavy atom. The van der Waals surface area contributed by atoms with E-state index >= 15 is 0 Å². The van der Waals surface area contributed by atoms with Crippen LogP contribution in [0, 0.1) is 0 Å². The number of hydrogen-bond donors (Lipinski definition) is 1. The predicted molar refractivity (Wildman–Crippen MR) is 68.6 cm³/mol. The Labute approximate surface area is 105 Å². The third-order valence-electron chi connectivity index (χ3n) is 3.64. The molecular formula is C14H13N3O. The van der Waals surface area contributed by atoms with Crippen molar-refractivity contribution in [1.82, 2.24) is 10.2 Å². The Morgan fingerprint density at radius 3 is 2.78 bits per heavy atom. The molecule has 4 rings (SSSR count). The number of aromatic amines is 1. The molecule has 0 aliphatic heterocycles. The van der Waals surface area contributed by atoms with E-state index in [9.17, 15) is 0 Å². The van der Waals surface area contributed by atoms with Crippen LogP contribution in [0.2, 0.25) is 0 Å². The summed E-state index contributed by atoms with van der Waals surface area (Å²) in [6, 6.07) is 8.22. The van der Waals surface area contributed by atoms with Gasteiger partial charge >= 0.3 is 0 Å². The highest BCUT2D eigenvalue weighted by Crippen LogP contribution is 2.46. The zero-order valence-electron chi connectivity index (χ0n) is 10.1. The third kappa shape index (κ3) is 1.20. The average molecular weight is 239 g/mol. The van der Waals surface area contributed by atoms with Gasteiger partial charge in [0.2, 0.25) is 0 Å². The minimum absolute atomic E-state index is 0.623. The van der Waals surface area contributed by atoms with Crippen LogP contribution >= 0.6 is 0 Å². The number of nitrogens with zero attached hydrogens (tertiary/aromatic N) is 2. The minimum Gasteiger partial charge on any atom is -0.399 e. The highest BCUT2D eigenvalue weighted by atomic mass is 16.6. The SMILES string of the molecule is CO/N=C1/c2ccccc2-c2n[nH]c(C3CC3)c21. The summed E-state index contributed by atoms with van der Waals surface area (Å²) >= 11 is 0. The molecule has 1 N–H and O–H groups in total. The smallest absolute Gasteiger partial charge is 0.122 e. The molecule has 0 radical (unpaired) electrons. The Hall–Kier alpha value is -2.10. The van der Waals surface area contributed by atoms with E-state index in [1.54, 1.807) is 7.11 Å². The Morgan fingerprint density at radius 1 is 1.28 bits per heavy atom. The summed E-state index contributed by atoms with van der Waals surface area (Å²) in [6.07, 6.45) is 2.48. The van der Waals surface area contributed by atoms with E-state index < -0.39 is 0 Å². The summed E-state index contributed by atoms with van der Waals surface area (Å²) in [4.78, 5) is 5.01. The van der Waals surface area contributed by atoms with Gasteiger partial charge in [-0.3, -0.25) is 5.10 Å². The molecule has 1 fully saturated rings. The van der Waals surface area contributed by atoms with Crippen molar-refractivity contribution in [3.05, 3.63) is 41.1 Å². The molecule has 2 aromatic rings. The molecule has 4 nitrogen and oxygen atoms in total. The van der Waals surface area contributed by atoms with E-state index in [-0.39, 0.29) is 0 Å². The second-order valence-corrected chi connectivity index (χ2v) is 4.80. The first-order valence-electron chi connectivity index (χ1n) is 6.19. The van der Waals surface area contributed by atoms with Gasteiger partial charge in [0.05, 0.1) is 5.56 Å². The molecule has 1 heterocycles. The second kappa shape index (κ2) is 3.45. The normalized spacial score (nSPS) is 18.8. The molecule has 1 aromatic heterocycles. The Kier molecular flexibility index (Phi) is 1.89. The van der Waals surface area contributed by atoms with Crippen LogP contribution in [0.1, 0.15) is 35.6 Å². The van der Waals surface area contributed by atoms with Crippen molar-refractivity contribution in [3.63, 3.8) is 0 Å². The van der Waals surface area contributed by atoms with Gasteiger partial charge in [-0.05, 0) is 12.8 Å². The van der Waals surface area contributed by atoms with Crippen molar-refractivity contribution in [2.75, 3.05) is 7.11 Å². The van der Waals surface area contributed by atoms with Gasteiger partial charge < -0.3 is 4.84 Å². The topological polar surface area (TPSA) is 50.3 Å². The van der Waals surface area contributed by atoms with Gasteiger partial charge in [0.1, 0.15) is 18.5 Å². The van der Waals surface area contributed by atoms with Crippen LogP contribution < -0.4 is 0 Å². The second-order valence-electron chi connectivity index (χ2n) is 4.80. The van der Waals surface area contributed by atoms with Gasteiger partial charge in [-0.1, -0.05) is 29.4 Å². The summed E-state index contributed by atoms with van der Waals surface area (Å²) < 4.78 is 0. The largest absolute Gasteiger partial charge is 0.399 e. The lowest BCUT2D eigenvalue weighted by Crippen LogP contribution is -2.02. The first-order valence-corrected chi connectivity index (χ1v) is 6.19. The predicted octanol–water partition coefficient (Wildman–Crippen LogP) is 2.67. The molecular weight excluding hydrogens is 226 g/mol. The quantitative estimate of drug-likeness (QED) is 0.699. The Balaban J connectivity index is 2.00. The maximum atomic E-state index is 5.01. The number of benzene rings is 1. The van der Waals surface area contributed by atoms with Crippen molar-refractivity contribution in [2.45, 2.75) is 18.8 Å². The van der Waals surface area contributed by atoms with Crippen molar-refractivity contribution in [1.29, 1.82) is 0 Å². The van der Waals surface area contributed by atoms with E-state index in [2.05, 4.69) is 27.5 Å². The van der Waals surface area contributed by atoms with Crippen LogP contribution in [0.25, 0.3) is 11.3 Å². The first-order chi connectivity index (χ1) is 8.90. The molecule has 1 aromatic carbocycles. The van der Waals surface area contributed by atoms with Gasteiger partial charge in [-0.15, -0.1) is 0 Å². The summed E-state index contributed by atoms with van der Waals surface area (Å²) in [5.74, 6) is 0.623. The fourth-order valence-electron chi connectivity index (χ4n) is 2.67. The fourth-order valence-corrected chi connectivity index (χ4v) is 2.67. The number of H-pyrrole nitrogens is 1. The van der Waals surface area contributed by atoms with Gasteiger partial charge in [0.15, 0.2) is 0 Å². The van der Waals surface area contributed by atoms with Crippen molar-refractivity contribution in [2.24, 2.45) is 5.16 Å². The van der Waals surface area contributed by atoms with Gasteiger partial charge in [0.25, 0.3) is 0 Å². The number of rotatable bonds is 2. The summed E-state index contributed by atoms with van der Waals surface area (Å²) in [7, 11) is 1.59. The highest BCUT2D eigenvalue weighted by Gasteiger charge is 2.36. The van der Waals surface area contributed by atoms with Gasteiger partial charge in [-0.25, -0.2) is 0 Å². The van der Waals surface area contributed by atoms with Gasteiger partial charge in [-0.2, -0.15) is 5.10 Å². The molecule has 1 saturated carbocycles. The summed E-state index contributed by atoms with van der Waals surface area (Å²) in [5, 5.41) is 11.9. The zero-order valence-corrected chi connectivity index (χ0v) is 10.1. The summed E-state index contributed by atoms with van der Waals surface area (Å²) in [5.41, 5.74) is 6.55. The molecule has 2 aliphatic carbocycles. The van der Waals surface area contributed by atoms with Crippen molar-refractivity contribution >= 4 is 5.71 Å². The van der Waals surface area contributed by atoms with Crippen LogP contribution in [-0.2, 0) is 4.84 Å². The minimum atomic E-state index is 0.623. The van der Waals surface area contributed by atoms with E-state index in [4.69, 9.17) is 4.84 Å². The first kappa shape index (κ1) is 9.88. The number of nitrogens with one attached hydrogen (secondary N) is 1. The number of fused-ring (bicyclic) bond motifs is 3. The lowest BCUT2D eigenvalue weighted by molar-refractivity contribution is 0.214. The average Bonchev–Trinajstić information content (AvgIpc) is 3.08. The van der Waals surface area contributed by atoms with Crippen LogP contribution in [0.5, 0.6) is 0 Å². The molecule has 0 saturated heterocycles. The van der Waals surface area contributed by atoms with Crippen LogP contribution in [0.15, 0.2) is 29.4 Å². The molecule has 4 heteroatoms. The standard InChI is InChI=1S/C14H13N3O/c1-18-17-14-10-5-3-2-4-9(10)13-11(14)12(15-16-13)8-6-7-8/h2-5,8H,6-7H2,1H3,(H,15,16)/b17-14-. The maximum Gasteiger partial charge on any atom is 0.122 e. The lowest BCUT2D eigenvalue weighted by atomic mass is 10.1. The van der Waals surface area contributed by atoms with Crippen LogP contribution in [0.3, 0.4) is 0 Å². The zero-order chi connectivity index (χ0) is 12.1. The molecule has 90 valence electrons.